The van der Waals surface area contributed by atoms with Crippen LogP contribution < -0.4 is 0 Å². The van der Waals surface area contributed by atoms with Crippen molar-refractivity contribution in [1.29, 1.82) is 0 Å². The first-order valence-electron chi connectivity index (χ1n) is 29.5. The quantitative estimate of drug-likeness (QED) is 0.107. The number of hydrogen-bond donors (Lipinski definition) is 1. The summed E-state index contributed by atoms with van der Waals surface area (Å²) in [6.45, 7) is 20.4. The van der Waals surface area contributed by atoms with Gasteiger partial charge in [0.2, 0.25) is 0 Å². The Kier molecular flexibility index (Phi) is 17.0. The van der Waals surface area contributed by atoms with Crippen LogP contribution in [0.3, 0.4) is 0 Å². The highest BCUT2D eigenvalue weighted by atomic mass is 16.6. The maximum atomic E-state index is 13.4. The van der Waals surface area contributed by atoms with Crippen molar-refractivity contribution in [2.24, 2.45) is 98.1 Å². The van der Waals surface area contributed by atoms with Gasteiger partial charge >= 0.3 is 41.8 Å². The van der Waals surface area contributed by atoms with E-state index in [1.807, 2.05) is 0 Å². The second-order valence-corrected chi connectivity index (χ2v) is 27.3. The second-order valence-electron chi connectivity index (χ2n) is 27.3. The van der Waals surface area contributed by atoms with Crippen LogP contribution >= 0.6 is 0 Å². The molecule has 0 aromatic rings. The van der Waals surface area contributed by atoms with Gasteiger partial charge in [0.1, 0.15) is 43.0 Å². The molecule has 0 bridgehead atoms. The lowest BCUT2D eigenvalue weighted by Gasteiger charge is -2.62. The van der Waals surface area contributed by atoms with Crippen molar-refractivity contribution in [2.45, 2.75) is 229 Å². The molecule has 1 N–H and O–H groups in total. The van der Waals surface area contributed by atoms with Crippen LogP contribution in [0.15, 0.2) is 0 Å². The molecule has 0 saturated heterocycles. The largest absolute Gasteiger partial charge is 0.481 e. The summed E-state index contributed by atoms with van der Waals surface area (Å²) in [5.41, 5.74) is -1.98. The summed E-state index contributed by atoms with van der Waals surface area (Å²) < 4.78 is 35.4. The monoisotopic (exact) mass is 1050 g/mol. The number of fused-ring (bicyclic) bond motifs is 10. The minimum Gasteiger partial charge on any atom is -0.481 e. The Morgan fingerprint density at radius 2 is 0.880 bits per heavy atom. The molecular weight excluding hydrogens is 957 g/mol. The van der Waals surface area contributed by atoms with Gasteiger partial charge in [0.15, 0.2) is 0 Å². The van der Waals surface area contributed by atoms with E-state index >= 15 is 0 Å². The van der Waals surface area contributed by atoms with Crippen LogP contribution in [0, 0.1) is 98.1 Å². The molecule has 0 amide bonds. The lowest BCUT2D eigenvalue weighted by Crippen LogP contribution is -2.59. The summed E-state index contributed by atoms with van der Waals surface area (Å²) in [5.74, 6) is 0.993. The number of rotatable bonds is 17. The Morgan fingerprint density at radius 3 is 1.23 bits per heavy atom. The van der Waals surface area contributed by atoms with E-state index < -0.39 is 36.5 Å². The van der Waals surface area contributed by atoms with Crippen molar-refractivity contribution >= 4 is 41.8 Å². The van der Waals surface area contributed by atoms with Crippen LogP contribution in [0.4, 0.5) is 0 Å². The molecule has 0 radical (unpaired) electrons. The molecule has 8 rings (SSSR count). The average molecular weight is 1050 g/mol. The Morgan fingerprint density at radius 1 is 0.507 bits per heavy atom. The highest BCUT2D eigenvalue weighted by molar-refractivity contribution is 5.77. The fourth-order valence-corrected chi connectivity index (χ4v) is 19.6. The third-order valence-electron chi connectivity index (χ3n) is 23.4. The van der Waals surface area contributed by atoms with Crippen LogP contribution in [-0.4, -0.2) is 84.5 Å². The van der Waals surface area contributed by atoms with Crippen LogP contribution in [0.1, 0.15) is 205 Å². The lowest BCUT2D eigenvalue weighted by molar-refractivity contribution is -0.198. The zero-order chi connectivity index (χ0) is 54.6. The molecule has 8 aliphatic rings. The van der Waals surface area contributed by atoms with Gasteiger partial charge in [0, 0.05) is 51.4 Å². The molecular formula is C61H94O14. The van der Waals surface area contributed by atoms with E-state index in [1.54, 1.807) is 0 Å². The summed E-state index contributed by atoms with van der Waals surface area (Å²) in [5, 5.41) is 10.4. The molecule has 0 spiro atoms. The van der Waals surface area contributed by atoms with E-state index in [1.165, 1.54) is 34.6 Å². The molecule has 0 aromatic heterocycles. The summed E-state index contributed by atoms with van der Waals surface area (Å²) in [7, 11) is 0. The van der Waals surface area contributed by atoms with Crippen molar-refractivity contribution in [1.82, 2.24) is 0 Å². The molecule has 8 aliphatic carbocycles. The fourth-order valence-electron chi connectivity index (χ4n) is 19.6. The molecule has 422 valence electrons. The highest BCUT2D eigenvalue weighted by Crippen LogP contribution is 2.71. The molecule has 0 heterocycles. The molecule has 20 atom stereocenters. The van der Waals surface area contributed by atoms with Gasteiger partial charge in [-0.3, -0.25) is 33.6 Å². The molecule has 8 saturated carbocycles. The first kappa shape index (κ1) is 57.5. The number of carbonyl (C=O) groups excluding carboxylic acids is 6. The predicted molar refractivity (Wildman–Crippen MR) is 278 cm³/mol. The topological polar surface area (TPSA) is 195 Å². The van der Waals surface area contributed by atoms with Crippen LogP contribution in [0.5, 0.6) is 0 Å². The first-order valence-corrected chi connectivity index (χ1v) is 29.5. The molecule has 75 heavy (non-hydrogen) atoms. The Labute approximate surface area is 447 Å². The van der Waals surface area contributed by atoms with Crippen molar-refractivity contribution in [3.05, 3.63) is 0 Å². The molecule has 0 aromatic carbocycles. The van der Waals surface area contributed by atoms with E-state index in [2.05, 4.69) is 41.5 Å². The zero-order valence-electron chi connectivity index (χ0n) is 47.5. The summed E-state index contributed by atoms with van der Waals surface area (Å²) >= 11 is 0. The maximum Gasteiger partial charge on any atom is 0.316 e. The SMILES string of the molecule is CC(=O)O[C@@H]1CC[C@@]2(C)[C@H](CC[C@@H]3[C@@H]2C[C@H](OC(C)=O)[C@]2(C)[C@@H]([C@H](C)CCC(=O)OCC(C)(COC(=O)CC[C@@H](C)[C@H]4CC[C@H]5[C@@H]6CC[C@@H]7C[C@H](OC(C)=O)CC[C@]7(C)[C@H]6C[C@H](OC(C)=O)[C@]45C)C(=O)O)CC[C@@H]32)C1. The van der Waals surface area contributed by atoms with Gasteiger partial charge < -0.3 is 33.5 Å². The summed E-state index contributed by atoms with van der Waals surface area (Å²) in [6, 6.07) is 0. The minimum absolute atomic E-state index is 0.0323. The van der Waals surface area contributed by atoms with Crippen molar-refractivity contribution in [3.63, 3.8) is 0 Å². The van der Waals surface area contributed by atoms with E-state index in [4.69, 9.17) is 28.4 Å². The predicted octanol–water partition coefficient (Wildman–Crippen LogP) is 11.3. The first-order chi connectivity index (χ1) is 35.2. The van der Waals surface area contributed by atoms with E-state index in [0.29, 0.717) is 60.2 Å². The lowest BCUT2D eigenvalue weighted by atomic mass is 9.43. The zero-order valence-corrected chi connectivity index (χ0v) is 47.5. The Bertz CT molecular complexity index is 2020. The van der Waals surface area contributed by atoms with Gasteiger partial charge in [-0.1, -0.05) is 41.5 Å². The summed E-state index contributed by atoms with van der Waals surface area (Å²) in [4.78, 5) is 88.7. The van der Waals surface area contributed by atoms with E-state index in [-0.39, 0.29) is 106 Å². The molecule has 8 fully saturated rings. The second kappa shape index (κ2) is 22.2. The molecule has 14 nitrogen and oxygen atoms in total. The maximum absolute atomic E-state index is 13.4. The number of carboxylic acid groups (broad SMARTS) is 1. The molecule has 0 aliphatic heterocycles. The van der Waals surface area contributed by atoms with Gasteiger partial charge in [-0.2, -0.15) is 0 Å². The fraction of sp³-hybridized carbons (Fsp3) is 0.885. The smallest absolute Gasteiger partial charge is 0.316 e. The van der Waals surface area contributed by atoms with Gasteiger partial charge in [-0.15, -0.1) is 0 Å². The van der Waals surface area contributed by atoms with Crippen LogP contribution in [0.2, 0.25) is 0 Å². The number of ether oxygens (including phenoxy) is 6. The Hall–Kier alpha value is -3.71. The average Bonchev–Trinajstić information content (AvgIpc) is 3.89. The standard InChI is InChI=1S/C61H94O14/c1-34(46-18-20-48-44-16-14-40-28-42(72-36(3)62)24-26-58(40,8)50(44)30-52(60(46,48)10)74-38(5)64)12-22-54(66)70-32-57(7,56(68)69)33-71-55(67)23-13-35(2)47-19-21-49-45-17-15-41-29-43(73-37(4)63)25-27-59(41,9)51(45)31-53(61(47,49)11)75-39(6)65/h34-35,40-53H,12-33H2,1-11H3,(H,68,69)/t34-,35-,40-,41-,42-,43-,44+,45+,46-,47-,48+,49+,50+,51+,52+,53+,58+,59+,60-,61-/m1/s1. The third-order valence-corrected chi connectivity index (χ3v) is 23.4. The highest BCUT2D eigenvalue weighted by Gasteiger charge is 2.67. The van der Waals surface area contributed by atoms with Gasteiger partial charge in [-0.05, 0) is 204 Å². The normalized spacial score (nSPS) is 42.2. The van der Waals surface area contributed by atoms with E-state index in [0.717, 1.165) is 103 Å². The number of hydrogen-bond acceptors (Lipinski definition) is 13. The van der Waals surface area contributed by atoms with Crippen molar-refractivity contribution in [3.8, 4) is 0 Å². The summed E-state index contributed by atoms with van der Waals surface area (Å²) in [6.07, 6.45) is 16.3. The Balaban J connectivity index is 0.823. The molecule has 14 heteroatoms. The van der Waals surface area contributed by atoms with Gasteiger partial charge in [0.25, 0.3) is 0 Å². The van der Waals surface area contributed by atoms with Crippen molar-refractivity contribution in [2.75, 3.05) is 13.2 Å². The number of aliphatic carboxylic acids is 1. The van der Waals surface area contributed by atoms with Gasteiger partial charge in [0.05, 0.1) is 0 Å². The third kappa shape index (κ3) is 11.0. The number of esters is 6. The van der Waals surface area contributed by atoms with Crippen LogP contribution in [0.25, 0.3) is 0 Å². The van der Waals surface area contributed by atoms with Gasteiger partial charge in [-0.25, -0.2) is 0 Å². The van der Waals surface area contributed by atoms with Crippen LogP contribution in [-0.2, 0) is 62.0 Å². The van der Waals surface area contributed by atoms with Crippen molar-refractivity contribution < 1.29 is 67.1 Å². The minimum atomic E-state index is -1.64. The number of carboxylic acids is 1. The molecule has 0 unspecified atom stereocenters. The number of carbonyl (C=O) groups is 7. The van der Waals surface area contributed by atoms with E-state index in [9.17, 15) is 38.7 Å².